The van der Waals surface area contributed by atoms with Gasteiger partial charge in [0.25, 0.3) is 5.69 Å². The molecule has 2 unspecified atom stereocenters. The Bertz CT molecular complexity index is 2850. The average Bonchev–Trinajstić information content (AvgIpc) is 3.83. The van der Waals surface area contributed by atoms with Crippen LogP contribution in [0, 0.1) is 37.8 Å². The number of imidazole rings is 2. The molecule has 0 saturated carbocycles. The second kappa shape index (κ2) is 24.3. The van der Waals surface area contributed by atoms with E-state index >= 15 is 0 Å². The molecular weight excluding hydrogens is 926 g/mol. The highest BCUT2D eigenvalue weighted by atomic mass is 35.5. The molecule has 7 rings (SSSR count). The maximum atomic E-state index is 12.3. The molecule has 0 bridgehead atoms. The molecule has 0 aliphatic rings. The zero-order valence-electron chi connectivity index (χ0n) is 39.7. The van der Waals surface area contributed by atoms with Crippen LogP contribution in [0.2, 0.25) is 5.02 Å². The number of nitrogens with zero attached hydrogens (tertiary/aromatic N) is 7. The van der Waals surface area contributed by atoms with Gasteiger partial charge in [-0.05, 0) is 57.0 Å². The Balaban J connectivity index is 0.000000214. The number of aryl methyl sites for hydroxylation is 4. The summed E-state index contributed by atoms with van der Waals surface area (Å²) in [7, 11) is 7.12. The van der Waals surface area contributed by atoms with Crippen LogP contribution in [0.25, 0.3) is 33.8 Å². The van der Waals surface area contributed by atoms with Gasteiger partial charge in [0.15, 0.2) is 12.2 Å². The molecule has 4 aromatic heterocycles. The molecular formula is C50H54ClN7O12. The Hall–Kier alpha value is -8.00. The van der Waals surface area contributed by atoms with Gasteiger partial charge in [-0.1, -0.05) is 95.5 Å². The van der Waals surface area contributed by atoms with E-state index in [0.29, 0.717) is 12.8 Å². The van der Waals surface area contributed by atoms with E-state index in [4.69, 9.17) is 47.1 Å². The lowest BCUT2D eigenvalue weighted by molar-refractivity contribution is -0.385. The molecule has 70 heavy (non-hydrogen) atoms. The molecule has 4 heterocycles. The van der Waals surface area contributed by atoms with Crippen molar-refractivity contribution in [2.24, 2.45) is 0 Å². The van der Waals surface area contributed by atoms with E-state index in [1.165, 1.54) is 29.3 Å². The predicted octanol–water partition coefficient (Wildman–Crippen LogP) is 6.25. The summed E-state index contributed by atoms with van der Waals surface area (Å²) in [5, 5.41) is 51.5. The Kier molecular flexibility index (Phi) is 19.0. The number of aromatic nitrogens is 4. The molecule has 0 aliphatic heterocycles. The minimum Gasteiger partial charge on any atom is -0.481 e. The fourth-order valence-corrected chi connectivity index (χ4v) is 6.83. The number of amides is 2. The second-order valence-corrected chi connectivity index (χ2v) is 16.9. The molecule has 368 valence electrons. The summed E-state index contributed by atoms with van der Waals surface area (Å²) < 4.78 is 4.07. The number of para-hydroxylation sites is 1. The number of pyridine rings is 2. The van der Waals surface area contributed by atoms with Gasteiger partial charge >= 0.3 is 17.9 Å². The van der Waals surface area contributed by atoms with Crippen molar-refractivity contribution in [2.75, 3.05) is 28.2 Å². The molecule has 0 radical (unpaired) electrons. The highest BCUT2D eigenvalue weighted by Crippen LogP contribution is 2.29. The molecule has 0 saturated heterocycles. The van der Waals surface area contributed by atoms with Gasteiger partial charge in [-0.2, -0.15) is 0 Å². The predicted molar refractivity (Wildman–Crippen MR) is 262 cm³/mol. The average molecular weight is 980 g/mol. The number of carbonyl (C=O) groups is 5. The number of aliphatic hydroxyl groups is 2. The third kappa shape index (κ3) is 14.5. The second-order valence-electron chi connectivity index (χ2n) is 16.5. The normalized spacial score (nSPS) is 11.4. The monoisotopic (exact) mass is 979 g/mol. The van der Waals surface area contributed by atoms with Crippen LogP contribution in [0.5, 0.6) is 0 Å². The minimum atomic E-state index is -2.27. The van der Waals surface area contributed by atoms with Crippen LogP contribution in [0.15, 0.2) is 103 Å². The summed E-state index contributed by atoms with van der Waals surface area (Å²) in [5.74, 6) is -4.52. The van der Waals surface area contributed by atoms with E-state index in [2.05, 4.69) is 62.4 Å². The van der Waals surface area contributed by atoms with E-state index in [9.17, 15) is 34.1 Å². The van der Waals surface area contributed by atoms with E-state index in [-0.39, 0.29) is 28.1 Å². The van der Waals surface area contributed by atoms with Crippen molar-refractivity contribution in [1.82, 2.24) is 28.6 Å². The van der Waals surface area contributed by atoms with Gasteiger partial charge in [-0.25, -0.2) is 19.6 Å². The number of hydrogen-bond donors (Lipinski definition) is 5. The molecule has 2 amide bonds. The van der Waals surface area contributed by atoms with Gasteiger partial charge in [-0.15, -0.1) is 0 Å². The maximum absolute atomic E-state index is 12.3. The standard InChI is InChI=1S/2C19H21N3O.C8H6ClNO4.C4H6O6/c2*1-13-5-8-15(9-6-13)19-16(11-18(23)21(3)4)22-12-14(2)7-10-17(22)20-19;9-6-3-1-2-5(4-7(11)12)8(6)10(13)14;5-1(3(7)8)2(6)4(9)10/h2*5-10,12H,11H2,1-4H3;1-3H,4H2,(H,11,12);1-2,5-6H,(H,7,8)(H,9,10). The Labute approximate surface area is 407 Å². The Morgan fingerprint density at radius 1 is 0.600 bits per heavy atom. The van der Waals surface area contributed by atoms with Gasteiger partial charge in [-0.3, -0.25) is 24.5 Å². The first-order chi connectivity index (χ1) is 32.9. The lowest BCUT2D eigenvalue weighted by Gasteiger charge is -2.11. The number of carboxylic acid groups (broad SMARTS) is 3. The largest absolute Gasteiger partial charge is 0.481 e. The topological polar surface area (TPSA) is 271 Å². The molecule has 7 aromatic rings. The van der Waals surface area contributed by atoms with Gasteiger partial charge in [0, 0.05) is 57.3 Å². The third-order valence-electron chi connectivity index (χ3n) is 10.4. The lowest BCUT2D eigenvalue weighted by atomic mass is 10.1. The van der Waals surface area contributed by atoms with Crippen molar-refractivity contribution in [3.05, 3.63) is 158 Å². The summed E-state index contributed by atoms with van der Waals surface area (Å²) in [6.45, 7) is 8.21. The van der Waals surface area contributed by atoms with E-state index in [1.807, 2.05) is 59.3 Å². The van der Waals surface area contributed by atoms with Crippen LogP contribution in [0.4, 0.5) is 5.69 Å². The zero-order valence-corrected chi connectivity index (χ0v) is 40.4. The van der Waals surface area contributed by atoms with Crippen molar-refractivity contribution in [2.45, 2.75) is 59.2 Å². The lowest BCUT2D eigenvalue weighted by Crippen LogP contribution is -2.39. The highest BCUT2D eigenvalue weighted by Gasteiger charge is 2.29. The molecule has 2 atom stereocenters. The van der Waals surface area contributed by atoms with Gasteiger partial charge in [0.2, 0.25) is 11.8 Å². The van der Waals surface area contributed by atoms with Crippen LogP contribution in [-0.2, 0) is 43.2 Å². The smallest absolute Gasteiger partial charge is 0.335 e. The van der Waals surface area contributed by atoms with Gasteiger partial charge in [0.1, 0.15) is 16.3 Å². The number of nitro groups is 1. The number of halogens is 1. The van der Waals surface area contributed by atoms with Crippen LogP contribution in [-0.4, -0.2) is 129 Å². The van der Waals surface area contributed by atoms with Crippen LogP contribution in [0.1, 0.15) is 39.2 Å². The van der Waals surface area contributed by atoms with Crippen molar-refractivity contribution in [3.8, 4) is 22.5 Å². The quantitative estimate of drug-likeness (QED) is 0.0669. The number of aliphatic hydroxyl groups excluding tert-OH is 2. The SMILES string of the molecule is Cc1ccc(-c2nc3ccc(C)cn3c2CC(=O)N(C)C)cc1.Cc1ccc(-c2nc3ccc(C)cn3c2CC(=O)N(C)C)cc1.O=C(O)C(O)C(O)C(=O)O.O=C(O)Cc1cccc(Cl)c1[N+](=O)[O-]. The number of carbonyl (C=O) groups excluding carboxylic acids is 2. The summed E-state index contributed by atoms with van der Waals surface area (Å²) >= 11 is 5.57. The number of likely N-dealkylation sites (N-methyl/N-ethyl adjacent to an activating group) is 2. The van der Waals surface area contributed by atoms with Crippen LogP contribution >= 0.6 is 11.6 Å². The van der Waals surface area contributed by atoms with Gasteiger partial charge < -0.3 is 44.1 Å². The number of rotatable bonds is 12. The molecule has 20 heteroatoms. The molecule has 3 aromatic carbocycles. The van der Waals surface area contributed by atoms with Crippen LogP contribution in [0.3, 0.4) is 0 Å². The number of aliphatic carboxylic acids is 3. The summed E-state index contributed by atoms with van der Waals surface area (Å²) in [5.41, 5.74) is 11.9. The molecule has 0 aliphatic carbocycles. The van der Waals surface area contributed by atoms with Crippen molar-refractivity contribution in [1.29, 1.82) is 0 Å². The number of nitro benzene ring substituents is 1. The number of hydrogen-bond acceptors (Lipinski definition) is 11. The zero-order chi connectivity index (χ0) is 52.1. The number of carboxylic acids is 3. The Morgan fingerprint density at radius 3 is 1.30 bits per heavy atom. The van der Waals surface area contributed by atoms with E-state index in [1.54, 1.807) is 38.0 Å². The first-order valence-electron chi connectivity index (χ1n) is 21.3. The number of fused-ring (bicyclic) bond motifs is 2. The minimum absolute atomic E-state index is 0.0475. The Morgan fingerprint density at radius 2 is 0.971 bits per heavy atom. The number of benzene rings is 3. The van der Waals surface area contributed by atoms with E-state index in [0.717, 1.165) is 56.3 Å². The summed E-state index contributed by atoms with van der Waals surface area (Å²) in [6.07, 6.45) is -0.190. The molecule has 19 nitrogen and oxygen atoms in total. The molecule has 0 fully saturated rings. The maximum Gasteiger partial charge on any atom is 0.335 e. The van der Waals surface area contributed by atoms with Crippen molar-refractivity contribution >= 4 is 58.3 Å². The third-order valence-corrected chi connectivity index (χ3v) is 10.7. The summed E-state index contributed by atoms with van der Waals surface area (Å²) in [6, 6.07) is 28.8. The first-order valence-corrected chi connectivity index (χ1v) is 21.7. The highest BCUT2D eigenvalue weighted by molar-refractivity contribution is 6.32. The van der Waals surface area contributed by atoms with Crippen molar-refractivity contribution < 1.29 is 54.4 Å². The fraction of sp³-hybridized carbons (Fsp3) is 0.260. The molecule has 0 spiro atoms. The van der Waals surface area contributed by atoms with E-state index < -0.39 is 41.5 Å². The first kappa shape index (κ1) is 54.6. The van der Waals surface area contributed by atoms with Gasteiger partial charge in [0.05, 0.1) is 47.0 Å². The van der Waals surface area contributed by atoms with Crippen LogP contribution < -0.4 is 0 Å². The fourth-order valence-electron chi connectivity index (χ4n) is 6.56. The molecule has 5 N–H and O–H groups in total. The summed E-state index contributed by atoms with van der Waals surface area (Å²) in [4.78, 5) is 77.1. The van der Waals surface area contributed by atoms with Crippen molar-refractivity contribution in [3.63, 3.8) is 0 Å².